The van der Waals surface area contributed by atoms with Crippen LogP contribution in [0.1, 0.15) is 28.3 Å². The Balaban J connectivity index is 2.61. The van der Waals surface area contributed by atoms with Crippen molar-refractivity contribution in [3.05, 3.63) is 67.9 Å². The van der Waals surface area contributed by atoms with E-state index in [0.717, 1.165) is 21.2 Å². The molecule has 0 amide bonds. The molecule has 1 unspecified atom stereocenters. The van der Waals surface area contributed by atoms with E-state index in [1.807, 2.05) is 39.1 Å². The Morgan fingerprint density at radius 3 is 2.50 bits per heavy atom. The second kappa shape index (κ2) is 6.25. The molecular formula is C16H16BrClFN. The highest BCUT2D eigenvalue weighted by molar-refractivity contribution is 9.10. The molecule has 20 heavy (non-hydrogen) atoms. The maximum atomic E-state index is 14.4. The van der Waals surface area contributed by atoms with Gasteiger partial charge in [-0.05, 0) is 61.9 Å². The lowest BCUT2D eigenvalue weighted by Crippen LogP contribution is -2.20. The first-order chi connectivity index (χ1) is 9.43. The average Bonchev–Trinajstić information content (AvgIpc) is 2.37. The SMILES string of the molecule is CNC(c1cc(Cl)ccc1Br)c1c(C)cc(C)cc1F. The summed E-state index contributed by atoms with van der Waals surface area (Å²) in [7, 11) is 1.82. The van der Waals surface area contributed by atoms with E-state index in [-0.39, 0.29) is 11.9 Å². The summed E-state index contributed by atoms with van der Waals surface area (Å²) in [6.45, 7) is 3.82. The van der Waals surface area contributed by atoms with Gasteiger partial charge >= 0.3 is 0 Å². The summed E-state index contributed by atoms with van der Waals surface area (Å²) in [6.07, 6.45) is 0. The molecule has 0 heterocycles. The van der Waals surface area contributed by atoms with Crippen molar-refractivity contribution in [2.45, 2.75) is 19.9 Å². The van der Waals surface area contributed by atoms with Crippen molar-refractivity contribution in [2.75, 3.05) is 7.05 Å². The molecule has 2 aromatic carbocycles. The zero-order valence-corrected chi connectivity index (χ0v) is 13.9. The number of halogens is 3. The van der Waals surface area contributed by atoms with Crippen LogP contribution < -0.4 is 5.32 Å². The van der Waals surface area contributed by atoms with Crippen LogP contribution in [0.5, 0.6) is 0 Å². The van der Waals surface area contributed by atoms with Gasteiger partial charge in [0.15, 0.2) is 0 Å². The van der Waals surface area contributed by atoms with E-state index in [9.17, 15) is 4.39 Å². The highest BCUT2D eigenvalue weighted by atomic mass is 79.9. The van der Waals surface area contributed by atoms with Crippen molar-refractivity contribution in [3.8, 4) is 0 Å². The van der Waals surface area contributed by atoms with Crippen molar-refractivity contribution < 1.29 is 4.39 Å². The Hall–Kier alpha value is -0.900. The number of aryl methyl sites for hydroxylation is 2. The van der Waals surface area contributed by atoms with Crippen molar-refractivity contribution in [1.29, 1.82) is 0 Å². The van der Waals surface area contributed by atoms with Crippen LogP contribution in [0.15, 0.2) is 34.8 Å². The van der Waals surface area contributed by atoms with Gasteiger partial charge in [-0.1, -0.05) is 33.6 Å². The maximum Gasteiger partial charge on any atom is 0.128 e. The normalized spacial score (nSPS) is 12.5. The molecule has 1 atom stereocenters. The first-order valence-electron chi connectivity index (χ1n) is 6.33. The molecule has 0 fully saturated rings. The van der Waals surface area contributed by atoms with Crippen molar-refractivity contribution >= 4 is 27.5 Å². The fourth-order valence-electron chi connectivity index (χ4n) is 2.48. The fourth-order valence-corrected chi connectivity index (χ4v) is 3.14. The molecule has 0 saturated heterocycles. The number of nitrogens with one attached hydrogen (secondary N) is 1. The van der Waals surface area contributed by atoms with Gasteiger partial charge in [0.2, 0.25) is 0 Å². The highest BCUT2D eigenvalue weighted by Crippen LogP contribution is 2.33. The lowest BCUT2D eigenvalue weighted by molar-refractivity contribution is 0.571. The fraction of sp³-hybridized carbons (Fsp3) is 0.250. The zero-order valence-electron chi connectivity index (χ0n) is 11.6. The molecule has 106 valence electrons. The second-order valence-electron chi connectivity index (χ2n) is 4.86. The van der Waals surface area contributed by atoms with E-state index in [2.05, 4.69) is 21.2 Å². The van der Waals surface area contributed by atoms with Crippen LogP contribution in [0.25, 0.3) is 0 Å². The topological polar surface area (TPSA) is 12.0 Å². The number of hydrogen-bond donors (Lipinski definition) is 1. The van der Waals surface area contributed by atoms with Crippen molar-refractivity contribution in [1.82, 2.24) is 5.32 Å². The molecule has 2 rings (SSSR count). The summed E-state index contributed by atoms with van der Waals surface area (Å²) < 4.78 is 15.3. The lowest BCUT2D eigenvalue weighted by atomic mass is 9.93. The van der Waals surface area contributed by atoms with Gasteiger partial charge < -0.3 is 5.32 Å². The van der Waals surface area contributed by atoms with Gasteiger partial charge in [0.05, 0.1) is 6.04 Å². The standard InChI is InChI=1S/C16H16BrClFN/c1-9-6-10(2)15(14(19)7-9)16(20-3)12-8-11(18)4-5-13(12)17/h4-8,16,20H,1-3H3. The third-order valence-corrected chi connectivity index (χ3v) is 4.28. The molecule has 0 aliphatic heterocycles. The van der Waals surface area contributed by atoms with Gasteiger partial charge in [-0.2, -0.15) is 0 Å². The lowest BCUT2D eigenvalue weighted by Gasteiger charge is -2.22. The molecule has 4 heteroatoms. The molecule has 0 aliphatic carbocycles. The van der Waals surface area contributed by atoms with E-state index >= 15 is 0 Å². The minimum absolute atomic E-state index is 0.200. The summed E-state index contributed by atoms with van der Waals surface area (Å²) >= 11 is 9.58. The molecule has 0 radical (unpaired) electrons. The molecule has 1 N–H and O–H groups in total. The number of benzene rings is 2. The first-order valence-corrected chi connectivity index (χ1v) is 7.50. The summed E-state index contributed by atoms with van der Waals surface area (Å²) in [5.41, 5.74) is 3.42. The zero-order chi connectivity index (χ0) is 14.9. The number of rotatable bonds is 3. The monoisotopic (exact) mass is 355 g/mol. The Kier molecular flexibility index (Phi) is 4.84. The van der Waals surface area contributed by atoms with Gasteiger partial charge in [0.1, 0.15) is 5.82 Å². The second-order valence-corrected chi connectivity index (χ2v) is 6.16. The molecule has 0 aromatic heterocycles. The predicted octanol–water partition coefficient (Wildman–Crippen LogP) is 5.17. The minimum Gasteiger partial charge on any atom is -0.309 e. The van der Waals surface area contributed by atoms with E-state index in [4.69, 9.17) is 11.6 Å². The summed E-state index contributed by atoms with van der Waals surface area (Å²) in [6, 6.07) is 8.84. The smallest absolute Gasteiger partial charge is 0.128 e. The summed E-state index contributed by atoms with van der Waals surface area (Å²) in [4.78, 5) is 0. The Morgan fingerprint density at radius 1 is 1.20 bits per heavy atom. The van der Waals surface area contributed by atoms with Crippen molar-refractivity contribution in [2.24, 2.45) is 0 Å². The van der Waals surface area contributed by atoms with Crippen LogP contribution in [0.3, 0.4) is 0 Å². The Bertz CT molecular complexity index is 619. The van der Waals surface area contributed by atoms with Crippen LogP contribution in [0.2, 0.25) is 5.02 Å². The van der Waals surface area contributed by atoms with E-state index in [1.54, 1.807) is 12.1 Å². The quantitative estimate of drug-likeness (QED) is 0.800. The van der Waals surface area contributed by atoms with Gasteiger partial charge in [-0.25, -0.2) is 4.39 Å². The molecule has 0 bridgehead atoms. The highest BCUT2D eigenvalue weighted by Gasteiger charge is 2.21. The summed E-state index contributed by atoms with van der Waals surface area (Å²) in [5, 5.41) is 3.81. The van der Waals surface area contributed by atoms with Crippen LogP contribution in [-0.2, 0) is 0 Å². The van der Waals surface area contributed by atoms with Crippen molar-refractivity contribution in [3.63, 3.8) is 0 Å². The predicted molar refractivity (Wildman–Crippen MR) is 85.9 cm³/mol. The van der Waals surface area contributed by atoms with E-state index in [1.165, 1.54) is 0 Å². The number of hydrogen-bond acceptors (Lipinski definition) is 1. The maximum absolute atomic E-state index is 14.4. The van der Waals surface area contributed by atoms with Gasteiger partial charge in [0.25, 0.3) is 0 Å². The first kappa shape index (κ1) is 15.5. The summed E-state index contributed by atoms with van der Waals surface area (Å²) in [5.74, 6) is -0.200. The van der Waals surface area contributed by atoms with E-state index in [0.29, 0.717) is 10.6 Å². The van der Waals surface area contributed by atoms with Crippen LogP contribution >= 0.6 is 27.5 Å². The molecule has 0 saturated carbocycles. The third-order valence-electron chi connectivity index (χ3n) is 3.33. The molecule has 0 aliphatic rings. The molecular weight excluding hydrogens is 341 g/mol. The largest absolute Gasteiger partial charge is 0.309 e. The van der Waals surface area contributed by atoms with Gasteiger partial charge in [-0.15, -0.1) is 0 Å². The van der Waals surface area contributed by atoms with Gasteiger partial charge in [0, 0.05) is 15.1 Å². The average molecular weight is 357 g/mol. The molecule has 1 nitrogen and oxygen atoms in total. The van der Waals surface area contributed by atoms with Gasteiger partial charge in [-0.3, -0.25) is 0 Å². The van der Waals surface area contributed by atoms with Crippen LogP contribution in [-0.4, -0.2) is 7.05 Å². The Morgan fingerprint density at radius 2 is 1.90 bits per heavy atom. The Labute approximate surface area is 132 Å². The minimum atomic E-state index is -0.247. The van der Waals surface area contributed by atoms with E-state index < -0.39 is 0 Å². The molecule has 2 aromatic rings. The van der Waals surface area contributed by atoms with Crippen LogP contribution in [0, 0.1) is 19.7 Å². The third kappa shape index (κ3) is 3.05. The van der Waals surface area contributed by atoms with Crippen LogP contribution in [0.4, 0.5) is 4.39 Å². The molecule has 0 spiro atoms.